The Morgan fingerprint density at radius 2 is 1.97 bits per heavy atom. The zero-order valence-corrected chi connectivity index (χ0v) is 16.7. The summed E-state index contributed by atoms with van der Waals surface area (Å²) in [4.78, 5) is 23.5. The van der Waals surface area contributed by atoms with Crippen molar-refractivity contribution >= 4 is 18.0 Å². The molecule has 2 N–H and O–H groups in total. The molecular weight excluding hydrogens is 390 g/mol. The summed E-state index contributed by atoms with van der Waals surface area (Å²) in [6.07, 6.45) is 1.49. The molecule has 30 heavy (non-hydrogen) atoms. The Balaban J connectivity index is 1.74. The third kappa shape index (κ3) is 4.69. The van der Waals surface area contributed by atoms with Gasteiger partial charge in [0.25, 0.3) is 5.56 Å². The number of carbonyl (C=O) groups is 1. The second kappa shape index (κ2) is 8.99. The van der Waals surface area contributed by atoms with Crippen molar-refractivity contribution in [1.29, 1.82) is 0 Å². The molecule has 156 valence electrons. The normalized spacial score (nSPS) is 10.9. The third-order valence-electron chi connectivity index (χ3n) is 4.11. The van der Waals surface area contributed by atoms with Crippen LogP contribution in [0.15, 0.2) is 56.8 Å². The van der Waals surface area contributed by atoms with Crippen LogP contribution in [0.5, 0.6) is 11.5 Å². The number of benzene rings is 1. The summed E-state index contributed by atoms with van der Waals surface area (Å²) >= 11 is 0. The average molecular weight is 411 g/mol. The molecule has 0 aliphatic heterocycles. The lowest BCUT2D eigenvalue weighted by Gasteiger charge is -2.10. The summed E-state index contributed by atoms with van der Waals surface area (Å²) in [5.41, 5.74) is 6.98. The van der Waals surface area contributed by atoms with Gasteiger partial charge >= 0.3 is 5.97 Å². The summed E-state index contributed by atoms with van der Waals surface area (Å²) in [5, 5.41) is 4.14. The lowest BCUT2D eigenvalue weighted by molar-refractivity contribution is 0.0561. The maximum absolute atomic E-state index is 12.0. The Morgan fingerprint density at radius 3 is 2.67 bits per heavy atom. The number of nitrogen functional groups attached to an aromatic ring is 1. The minimum absolute atomic E-state index is 0.0933. The maximum atomic E-state index is 12.0. The number of furan rings is 1. The van der Waals surface area contributed by atoms with E-state index in [1.807, 2.05) is 0 Å². The van der Waals surface area contributed by atoms with Crippen LogP contribution >= 0.6 is 0 Å². The van der Waals surface area contributed by atoms with Gasteiger partial charge in [-0.1, -0.05) is 0 Å². The van der Waals surface area contributed by atoms with Gasteiger partial charge in [-0.25, -0.2) is 4.79 Å². The highest BCUT2D eigenvalue weighted by atomic mass is 16.5. The average Bonchev–Trinajstić information content (AvgIpc) is 3.20. The fraction of sp³-hybridized carbons (Fsp3) is 0.190. The number of hydrogen-bond acceptors (Lipinski definition) is 8. The zero-order valence-electron chi connectivity index (χ0n) is 16.7. The quantitative estimate of drug-likeness (QED) is 0.469. The predicted molar refractivity (Wildman–Crippen MR) is 110 cm³/mol. The van der Waals surface area contributed by atoms with Crippen LogP contribution in [0.2, 0.25) is 0 Å². The number of nitrogens with zero attached hydrogens (tertiary/aromatic N) is 2. The number of ether oxygens (including phenoxy) is 3. The van der Waals surface area contributed by atoms with E-state index in [2.05, 4.69) is 9.84 Å². The molecule has 0 saturated heterocycles. The summed E-state index contributed by atoms with van der Waals surface area (Å²) in [7, 11) is 2.79. The molecule has 1 aromatic carbocycles. The van der Waals surface area contributed by atoms with Crippen molar-refractivity contribution < 1.29 is 23.4 Å². The zero-order chi connectivity index (χ0) is 21.7. The number of esters is 1. The topological polar surface area (TPSA) is 118 Å². The van der Waals surface area contributed by atoms with Crippen LogP contribution in [0.25, 0.3) is 0 Å². The number of aryl methyl sites for hydroxylation is 1. The molecule has 0 amide bonds. The Kier molecular flexibility index (Phi) is 6.21. The number of pyridine rings is 1. The molecule has 0 radical (unpaired) electrons. The number of nitrogens with two attached hydrogens (primary N) is 1. The van der Waals surface area contributed by atoms with Gasteiger partial charge in [0.15, 0.2) is 11.5 Å². The monoisotopic (exact) mass is 411 g/mol. The van der Waals surface area contributed by atoms with Crippen LogP contribution in [0, 0.1) is 6.92 Å². The van der Waals surface area contributed by atoms with Gasteiger partial charge < -0.3 is 24.4 Å². The Morgan fingerprint density at radius 1 is 1.17 bits per heavy atom. The molecular formula is C21H21N3O6. The fourth-order valence-corrected chi connectivity index (χ4v) is 2.67. The summed E-state index contributed by atoms with van der Waals surface area (Å²) < 4.78 is 22.2. The number of rotatable bonds is 7. The van der Waals surface area contributed by atoms with E-state index in [9.17, 15) is 9.59 Å². The van der Waals surface area contributed by atoms with E-state index in [1.165, 1.54) is 32.6 Å². The van der Waals surface area contributed by atoms with Gasteiger partial charge in [0.05, 0.1) is 20.4 Å². The Bertz CT molecular complexity index is 1150. The van der Waals surface area contributed by atoms with Gasteiger partial charge in [0.1, 0.15) is 18.2 Å². The van der Waals surface area contributed by atoms with E-state index in [0.29, 0.717) is 22.8 Å². The molecule has 0 saturated carbocycles. The molecule has 0 spiro atoms. The van der Waals surface area contributed by atoms with Gasteiger partial charge in [-0.2, -0.15) is 9.78 Å². The van der Waals surface area contributed by atoms with Crippen LogP contribution in [0.3, 0.4) is 0 Å². The van der Waals surface area contributed by atoms with Crippen molar-refractivity contribution in [3.63, 3.8) is 0 Å². The molecule has 0 aliphatic rings. The van der Waals surface area contributed by atoms with Gasteiger partial charge in [-0.3, -0.25) is 4.79 Å². The van der Waals surface area contributed by atoms with Crippen molar-refractivity contribution in [2.24, 2.45) is 5.10 Å². The van der Waals surface area contributed by atoms with E-state index in [0.717, 1.165) is 10.2 Å². The van der Waals surface area contributed by atoms with Crippen LogP contribution in [0.4, 0.5) is 5.82 Å². The van der Waals surface area contributed by atoms with Gasteiger partial charge in [0, 0.05) is 6.07 Å². The fourth-order valence-electron chi connectivity index (χ4n) is 2.67. The van der Waals surface area contributed by atoms with E-state index in [4.69, 9.17) is 19.6 Å². The van der Waals surface area contributed by atoms with Crippen molar-refractivity contribution in [2.45, 2.75) is 13.5 Å². The highest BCUT2D eigenvalue weighted by molar-refractivity contribution is 5.86. The first-order valence-electron chi connectivity index (χ1n) is 8.92. The van der Waals surface area contributed by atoms with E-state index in [1.54, 1.807) is 37.3 Å². The molecule has 9 heteroatoms. The van der Waals surface area contributed by atoms with Crippen molar-refractivity contribution in [1.82, 2.24) is 4.68 Å². The minimum Gasteiger partial charge on any atom is -0.493 e. The van der Waals surface area contributed by atoms with Crippen LogP contribution in [-0.4, -0.2) is 31.1 Å². The van der Waals surface area contributed by atoms with E-state index in [-0.39, 0.29) is 23.7 Å². The van der Waals surface area contributed by atoms with Crippen LogP contribution < -0.4 is 20.8 Å². The highest BCUT2D eigenvalue weighted by Gasteiger charge is 2.12. The molecule has 2 heterocycles. The Labute approximate surface area is 172 Å². The molecule has 0 aliphatic carbocycles. The van der Waals surface area contributed by atoms with Crippen LogP contribution in [0.1, 0.15) is 27.4 Å². The highest BCUT2D eigenvalue weighted by Crippen LogP contribution is 2.28. The number of methoxy groups -OCH3 is 2. The molecule has 3 rings (SSSR count). The molecule has 0 fully saturated rings. The second-order valence-corrected chi connectivity index (χ2v) is 6.31. The molecule has 2 aromatic heterocycles. The van der Waals surface area contributed by atoms with Crippen molar-refractivity contribution in [2.75, 3.05) is 20.0 Å². The predicted octanol–water partition coefficient (Wildman–Crippen LogP) is 2.59. The molecule has 9 nitrogen and oxygen atoms in total. The first-order valence-corrected chi connectivity index (χ1v) is 8.92. The molecule has 0 bridgehead atoms. The largest absolute Gasteiger partial charge is 0.493 e. The van der Waals surface area contributed by atoms with Gasteiger partial charge in [0.2, 0.25) is 5.76 Å². The standard InChI is InChI=1S/C21H21N3O6/c1-13-8-19(22)24(20(25)9-13)23-11-14-4-6-16(18(10-14)27-2)29-12-15-5-7-17(30-15)21(26)28-3/h4-11H,12,22H2,1-3H3. The third-order valence-corrected chi connectivity index (χ3v) is 4.11. The van der Waals surface area contributed by atoms with E-state index >= 15 is 0 Å². The molecule has 0 atom stereocenters. The summed E-state index contributed by atoms with van der Waals surface area (Å²) in [6.45, 7) is 1.88. The first kappa shape index (κ1) is 20.7. The maximum Gasteiger partial charge on any atom is 0.373 e. The number of carbonyl (C=O) groups excluding carboxylic acids is 1. The van der Waals surface area contributed by atoms with E-state index < -0.39 is 5.97 Å². The molecule has 0 unspecified atom stereocenters. The number of anilines is 1. The minimum atomic E-state index is -0.559. The number of aromatic nitrogens is 1. The summed E-state index contributed by atoms with van der Waals surface area (Å²) in [5.74, 6) is 1.17. The Hall–Kier alpha value is -4.01. The second-order valence-electron chi connectivity index (χ2n) is 6.31. The summed E-state index contributed by atoms with van der Waals surface area (Å²) in [6, 6.07) is 11.4. The lowest BCUT2D eigenvalue weighted by Crippen LogP contribution is -2.19. The van der Waals surface area contributed by atoms with Crippen molar-refractivity contribution in [3.05, 3.63) is 75.5 Å². The first-order chi connectivity index (χ1) is 14.4. The lowest BCUT2D eigenvalue weighted by atomic mass is 10.2. The SMILES string of the molecule is COC(=O)c1ccc(COc2ccc(C=Nn3c(N)cc(C)cc3=O)cc2OC)o1. The van der Waals surface area contributed by atoms with Gasteiger partial charge in [-0.05, 0) is 54.4 Å². The smallest absolute Gasteiger partial charge is 0.373 e. The number of hydrogen-bond donors (Lipinski definition) is 1. The van der Waals surface area contributed by atoms with Gasteiger partial charge in [-0.15, -0.1) is 0 Å². The van der Waals surface area contributed by atoms with Crippen LogP contribution in [-0.2, 0) is 11.3 Å². The van der Waals surface area contributed by atoms with Crippen molar-refractivity contribution in [3.8, 4) is 11.5 Å². The molecule has 3 aromatic rings.